The quantitative estimate of drug-likeness (QED) is 0.568. The van der Waals surface area contributed by atoms with Crippen LogP contribution in [-0.4, -0.2) is 64.4 Å². The van der Waals surface area contributed by atoms with Crippen molar-refractivity contribution in [3.63, 3.8) is 0 Å². The molecule has 1 saturated heterocycles. The van der Waals surface area contributed by atoms with Crippen LogP contribution in [0.5, 0.6) is 5.75 Å². The fraction of sp³-hybridized carbons (Fsp3) is 0.565. The first-order chi connectivity index (χ1) is 15.5. The summed E-state index contributed by atoms with van der Waals surface area (Å²) in [5, 5.41) is 12.0. The minimum absolute atomic E-state index is 0.0482. The molecule has 172 valence electrons. The number of fused-ring (bicyclic) bond motifs is 2. The Bertz CT molecular complexity index is 910. The maximum absolute atomic E-state index is 12.7. The lowest BCUT2D eigenvalue weighted by Crippen LogP contribution is -2.44. The van der Waals surface area contributed by atoms with E-state index >= 15 is 0 Å². The van der Waals surface area contributed by atoms with E-state index in [0.717, 1.165) is 49.1 Å². The fourth-order valence-corrected chi connectivity index (χ4v) is 4.60. The lowest BCUT2D eigenvalue weighted by molar-refractivity contribution is -0.146. The number of hydrogen-bond acceptors (Lipinski definition) is 6. The number of aliphatic carboxylic acids is 1. The van der Waals surface area contributed by atoms with Gasteiger partial charge in [0.05, 0.1) is 12.3 Å². The van der Waals surface area contributed by atoms with Crippen LogP contribution in [0, 0.1) is 0 Å². The fourth-order valence-electron chi connectivity index (χ4n) is 4.60. The zero-order valence-electron chi connectivity index (χ0n) is 18.2. The van der Waals surface area contributed by atoms with E-state index in [1.165, 1.54) is 0 Å². The van der Waals surface area contributed by atoms with Gasteiger partial charge in [0.2, 0.25) is 17.8 Å². The third kappa shape index (κ3) is 5.38. The summed E-state index contributed by atoms with van der Waals surface area (Å²) in [5.41, 5.74) is 1.84. The number of nitrogens with one attached hydrogen (secondary N) is 1. The molecular weight excluding hydrogens is 412 g/mol. The Morgan fingerprint density at radius 3 is 2.78 bits per heavy atom. The van der Waals surface area contributed by atoms with Crippen LogP contribution in [0.25, 0.3) is 0 Å². The van der Waals surface area contributed by atoms with E-state index in [-0.39, 0.29) is 24.4 Å². The zero-order chi connectivity index (χ0) is 22.5. The van der Waals surface area contributed by atoms with Gasteiger partial charge in [0.25, 0.3) is 0 Å². The summed E-state index contributed by atoms with van der Waals surface area (Å²) in [4.78, 5) is 43.4. The van der Waals surface area contributed by atoms with Crippen molar-refractivity contribution >= 4 is 29.4 Å². The van der Waals surface area contributed by atoms with Gasteiger partial charge in [-0.2, -0.15) is 0 Å². The summed E-state index contributed by atoms with van der Waals surface area (Å²) >= 11 is 0. The van der Waals surface area contributed by atoms with E-state index in [9.17, 15) is 19.5 Å². The van der Waals surface area contributed by atoms with Gasteiger partial charge in [-0.05, 0) is 43.9 Å². The largest absolute Gasteiger partial charge is 0.494 e. The van der Waals surface area contributed by atoms with Crippen molar-refractivity contribution in [2.75, 3.05) is 19.7 Å². The van der Waals surface area contributed by atoms with E-state index in [4.69, 9.17) is 4.74 Å². The van der Waals surface area contributed by atoms with Crippen LogP contribution < -0.4 is 10.1 Å². The van der Waals surface area contributed by atoms with Gasteiger partial charge in [0.15, 0.2) is 0 Å². The van der Waals surface area contributed by atoms with Gasteiger partial charge >= 0.3 is 5.97 Å². The Hall–Kier alpha value is -3.10. The summed E-state index contributed by atoms with van der Waals surface area (Å²) in [6.45, 7) is 1.19. The van der Waals surface area contributed by atoms with Crippen molar-refractivity contribution < 1.29 is 24.2 Å². The van der Waals surface area contributed by atoms with Crippen LogP contribution in [0.4, 0.5) is 5.69 Å². The highest BCUT2D eigenvalue weighted by Crippen LogP contribution is 2.30. The second-order valence-electron chi connectivity index (χ2n) is 8.64. The second-order valence-corrected chi connectivity index (χ2v) is 8.64. The molecule has 0 spiro atoms. The highest BCUT2D eigenvalue weighted by molar-refractivity contribution is 6.05. The van der Waals surface area contributed by atoms with Crippen molar-refractivity contribution in [3.05, 3.63) is 23.8 Å². The van der Waals surface area contributed by atoms with Crippen LogP contribution in [0.3, 0.4) is 0 Å². The van der Waals surface area contributed by atoms with Gasteiger partial charge in [-0.3, -0.25) is 19.7 Å². The highest BCUT2D eigenvalue weighted by Gasteiger charge is 2.29. The third-order valence-electron chi connectivity index (χ3n) is 6.22. The van der Waals surface area contributed by atoms with Crippen LogP contribution in [0.2, 0.25) is 0 Å². The molecule has 1 aliphatic carbocycles. The number of carboxylic acids is 1. The number of carboxylic acid groups (broad SMARTS) is 1. The average Bonchev–Trinajstić information content (AvgIpc) is 3.14. The molecule has 2 aliphatic heterocycles. The van der Waals surface area contributed by atoms with Crippen molar-refractivity contribution in [2.24, 2.45) is 4.99 Å². The summed E-state index contributed by atoms with van der Waals surface area (Å²) < 4.78 is 5.86. The van der Waals surface area contributed by atoms with Crippen LogP contribution in [0.15, 0.2) is 23.2 Å². The summed E-state index contributed by atoms with van der Waals surface area (Å²) in [5.74, 6) is 0.265. The summed E-state index contributed by atoms with van der Waals surface area (Å²) in [6.07, 6.45) is 6.77. The number of benzene rings is 1. The number of amides is 2. The number of hydrogen-bond donors (Lipinski definition) is 2. The lowest BCUT2D eigenvalue weighted by atomic mass is 9.94. The van der Waals surface area contributed by atoms with E-state index in [2.05, 4.69) is 10.3 Å². The van der Waals surface area contributed by atoms with Crippen molar-refractivity contribution in [2.45, 2.75) is 64.0 Å². The molecule has 32 heavy (non-hydrogen) atoms. The topological polar surface area (TPSA) is 112 Å². The Balaban J connectivity index is 1.22. The molecule has 0 bridgehead atoms. The van der Waals surface area contributed by atoms with Gasteiger partial charge in [0.1, 0.15) is 18.8 Å². The molecule has 0 aromatic heterocycles. The van der Waals surface area contributed by atoms with Crippen LogP contribution in [0.1, 0.15) is 56.9 Å². The SMILES string of the molecule is O=C(O)CN(C(=O)CCCCOc1ccc2c(c1)CN1CC(=O)NC1=N2)C1CCCCC1. The number of aliphatic imine (C=N–C) groups is 1. The molecule has 1 aromatic rings. The van der Waals surface area contributed by atoms with Gasteiger partial charge < -0.3 is 19.6 Å². The van der Waals surface area contributed by atoms with E-state index in [0.29, 0.717) is 44.9 Å². The minimum atomic E-state index is -0.954. The Labute approximate surface area is 187 Å². The second kappa shape index (κ2) is 10.0. The van der Waals surface area contributed by atoms with E-state index in [1.54, 1.807) is 4.90 Å². The standard InChI is InChI=1S/C23H30N4O5/c28-20-14-26-13-16-12-18(9-10-19(16)24-23(26)25-20)32-11-5-4-8-21(29)27(15-22(30)31)17-6-2-1-3-7-17/h9-10,12,17H,1-8,11,13-15H2,(H,30,31)(H,24,25,28). The lowest BCUT2D eigenvalue weighted by Gasteiger charge is -2.33. The Morgan fingerprint density at radius 2 is 2.00 bits per heavy atom. The molecule has 0 radical (unpaired) electrons. The number of rotatable bonds is 9. The molecule has 9 heteroatoms. The van der Waals surface area contributed by atoms with E-state index in [1.807, 2.05) is 23.1 Å². The number of carbonyl (C=O) groups is 3. The number of unbranched alkanes of at least 4 members (excludes halogenated alkanes) is 1. The molecule has 0 unspecified atom stereocenters. The Morgan fingerprint density at radius 1 is 1.19 bits per heavy atom. The van der Waals surface area contributed by atoms with Gasteiger partial charge in [0, 0.05) is 24.6 Å². The first kappa shape index (κ1) is 22.1. The molecule has 3 aliphatic rings. The summed E-state index contributed by atoms with van der Waals surface area (Å²) in [7, 11) is 0. The first-order valence-electron chi connectivity index (χ1n) is 11.4. The zero-order valence-corrected chi connectivity index (χ0v) is 18.2. The van der Waals surface area contributed by atoms with Gasteiger partial charge in [-0.15, -0.1) is 0 Å². The van der Waals surface area contributed by atoms with E-state index < -0.39 is 5.97 Å². The van der Waals surface area contributed by atoms with Gasteiger partial charge in [-0.1, -0.05) is 19.3 Å². The van der Waals surface area contributed by atoms with Crippen molar-refractivity contribution in [3.8, 4) is 5.75 Å². The predicted molar refractivity (Wildman–Crippen MR) is 118 cm³/mol. The molecular formula is C23H30N4O5. The van der Waals surface area contributed by atoms with Crippen molar-refractivity contribution in [1.82, 2.24) is 15.1 Å². The smallest absolute Gasteiger partial charge is 0.323 e. The maximum atomic E-state index is 12.7. The monoisotopic (exact) mass is 442 g/mol. The normalized spacial score (nSPS) is 17.8. The average molecular weight is 443 g/mol. The number of carbonyl (C=O) groups excluding carboxylic acids is 2. The third-order valence-corrected chi connectivity index (χ3v) is 6.22. The number of nitrogens with zero attached hydrogens (tertiary/aromatic N) is 3. The molecule has 2 fully saturated rings. The van der Waals surface area contributed by atoms with Crippen molar-refractivity contribution in [1.29, 1.82) is 0 Å². The molecule has 0 atom stereocenters. The summed E-state index contributed by atoms with van der Waals surface area (Å²) in [6, 6.07) is 5.75. The molecule has 1 aromatic carbocycles. The number of guanidine groups is 1. The number of ether oxygens (including phenoxy) is 1. The Kier molecular flexibility index (Phi) is 6.92. The molecule has 2 heterocycles. The minimum Gasteiger partial charge on any atom is -0.494 e. The predicted octanol–water partition coefficient (Wildman–Crippen LogP) is 2.41. The van der Waals surface area contributed by atoms with Crippen LogP contribution in [-0.2, 0) is 20.9 Å². The first-order valence-corrected chi connectivity index (χ1v) is 11.4. The molecule has 4 rings (SSSR count). The highest BCUT2D eigenvalue weighted by atomic mass is 16.5. The molecule has 1 saturated carbocycles. The maximum Gasteiger partial charge on any atom is 0.323 e. The van der Waals surface area contributed by atoms with Gasteiger partial charge in [-0.25, -0.2) is 4.99 Å². The molecule has 2 N–H and O–H groups in total. The molecule has 9 nitrogen and oxygen atoms in total. The molecule has 2 amide bonds. The van der Waals surface area contributed by atoms with Crippen LogP contribution >= 0.6 is 0 Å².